The van der Waals surface area contributed by atoms with Crippen LogP contribution in [0.2, 0.25) is 0 Å². The van der Waals surface area contributed by atoms with Gasteiger partial charge >= 0.3 is 5.97 Å². The Bertz CT molecular complexity index is 710. The first kappa shape index (κ1) is 26.3. The Hall–Kier alpha value is -0.790. The number of unbranched alkanes of at least 4 members (excludes halogenated alkanes) is 6. The summed E-state index contributed by atoms with van der Waals surface area (Å²) in [5, 5.41) is 0. The molecule has 0 radical (unpaired) electrons. The Morgan fingerprint density at radius 3 is 2.47 bits per heavy atom. The number of ether oxygens (including phenoxy) is 1. The number of hydrogen-bond donors (Lipinski definition) is 0. The lowest BCUT2D eigenvalue weighted by atomic mass is 9.47. The number of fused-ring (bicyclic) bond motifs is 5. The molecular formula is C32H54O2. The Kier molecular flexibility index (Phi) is 8.90. The van der Waals surface area contributed by atoms with Crippen LogP contribution in [0.3, 0.4) is 0 Å². The van der Waals surface area contributed by atoms with Crippen molar-refractivity contribution in [3.05, 3.63) is 11.6 Å². The number of carbonyl (C=O) groups excluding carboxylic acids is 1. The third kappa shape index (κ3) is 5.31. The summed E-state index contributed by atoms with van der Waals surface area (Å²) in [6, 6.07) is 0. The first-order valence-electron chi connectivity index (χ1n) is 15.3. The molecule has 0 aromatic rings. The first-order chi connectivity index (χ1) is 16.4. The van der Waals surface area contributed by atoms with Crippen LogP contribution in [0.4, 0.5) is 0 Å². The maximum Gasteiger partial charge on any atom is 0.306 e. The molecule has 0 spiro atoms. The highest BCUT2D eigenvalue weighted by atomic mass is 16.5. The van der Waals surface area contributed by atoms with E-state index in [1.165, 1.54) is 83.5 Å². The van der Waals surface area contributed by atoms with Crippen molar-refractivity contribution in [1.82, 2.24) is 0 Å². The average molecular weight is 471 g/mol. The third-order valence-electron chi connectivity index (χ3n) is 11.2. The highest BCUT2D eigenvalue weighted by Gasteiger charge is 2.58. The number of carbonyl (C=O) groups is 1. The van der Waals surface area contributed by atoms with Crippen molar-refractivity contribution in [3.8, 4) is 0 Å². The van der Waals surface area contributed by atoms with Crippen molar-refractivity contribution in [2.75, 3.05) is 0 Å². The fourth-order valence-corrected chi connectivity index (χ4v) is 9.05. The van der Waals surface area contributed by atoms with Crippen LogP contribution in [0.15, 0.2) is 11.6 Å². The van der Waals surface area contributed by atoms with E-state index in [2.05, 4.69) is 33.8 Å². The van der Waals surface area contributed by atoms with E-state index in [4.69, 9.17) is 4.74 Å². The molecule has 7 atom stereocenters. The smallest absolute Gasteiger partial charge is 0.306 e. The van der Waals surface area contributed by atoms with Crippen molar-refractivity contribution in [2.45, 2.75) is 149 Å². The molecule has 4 rings (SSSR count). The normalized spacial score (nSPS) is 39.1. The van der Waals surface area contributed by atoms with Gasteiger partial charge in [0.1, 0.15) is 6.10 Å². The predicted octanol–water partition coefficient (Wildman–Crippen LogP) is 9.42. The van der Waals surface area contributed by atoms with Crippen LogP contribution in [0.5, 0.6) is 0 Å². The van der Waals surface area contributed by atoms with Crippen LogP contribution in [0, 0.1) is 34.5 Å². The minimum absolute atomic E-state index is 0.0283. The summed E-state index contributed by atoms with van der Waals surface area (Å²) in [5.41, 5.74) is 2.59. The molecule has 0 bridgehead atoms. The monoisotopic (exact) mass is 470 g/mol. The summed E-state index contributed by atoms with van der Waals surface area (Å²) in [6.45, 7) is 9.72. The van der Waals surface area contributed by atoms with Gasteiger partial charge in [0.2, 0.25) is 0 Å². The van der Waals surface area contributed by atoms with Gasteiger partial charge in [-0.25, -0.2) is 0 Å². The van der Waals surface area contributed by atoms with Gasteiger partial charge in [0.15, 0.2) is 0 Å². The minimum atomic E-state index is 0.0283. The lowest BCUT2D eigenvalue weighted by Gasteiger charge is -2.58. The number of allylic oxidation sites excluding steroid dienone is 1. The molecule has 0 aliphatic heterocycles. The molecule has 34 heavy (non-hydrogen) atoms. The van der Waals surface area contributed by atoms with E-state index in [0.29, 0.717) is 17.3 Å². The molecule has 0 heterocycles. The van der Waals surface area contributed by atoms with Gasteiger partial charge in [-0.2, -0.15) is 0 Å². The Labute approximate surface area is 211 Å². The molecule has 0 aromatic carbocycles. The molecule has 3 fully saturated rings. The van der Waals surface area contributed by atoms with E-state index < -0.39 is 0 Å². The minimum Gasteiger partial charge on any atom is -0.462 e. The lowest BCUT2D eigenvalue weighted by Crippen LogP contribution is -2.50. The zero-order chi connectivity index (χ0) is 24.2. The topological polar surface area (TPSA) is 26.3 Å². The maximum atomic E-state index is 12.2. The molecule has 0 aromatic heterocycles. The van der Waals surface area contributed by atoms with Crippen LogP contribution < -0.4 is 0 Å². The van der Waals surface area contributed by atoms with Crippen LogP contribution in [-0.2, 0) is 9.53 Å². The van der Waals surface area contributed by atoms with Crippen LogP contribution in [0.1, 0.15) is 143 Å². The molecule has 194 valence electrons. The summed E-state index contributed by atoms with van der Waals surface area (Å²) in [4.78, 5) is 12.2. The second-order valence-electron chi connectivity index (χ2n) is 13.1. The molecule has 4 aliphatic rings. The van der Waals surface area contributed by atoms with Gasteiger partial charge in [-0.15, -0.1) is 0 Å². The highest BCUT2D eigenvalue weighted by molar-refractivity contribution is 5.69. The summed E-state index contributed by atoms with van der Waals surface area (Å²) >= 11 is 0. The van der Waals surface area contributed by atoms with E-state index in [0.717, 1.165) is 49.4 Å². The van der Waals surface area contributed by atoms with Gasteiger partial charge in [-0.1, -0.05) is 84.3 Å². The van der Waals surface area contributed by atoms with Gasteiger partial charge in [-0.3, -0.25) is 4.79 Å². The molecule has 4 aliphatic carbocycles. The molecule has 0 amide bonds. The van der Waals surface area contributed by atoms with Gasteiger partial charge in [-0.05, 0) is 92.3 Å². The predicted molar refractivity (Wildman–Crippen MR) is 143 cm³/mol. The Balaban J connectivity index is 1.35. The summed E-state index contributed by atoms with van der Waals surface area (Å²) in [7, 11) is 0. The van der Waals surface area contributed by atoms with Crippen molar-refractivity contribution >= 4 is 5.97 Å². The van der Waals surface area contributed by atoms with Crippen molar-refractivity contribution in [1.29, 1.82) is 0 Å². The number of rotatable bonds is 11. The number of esters is 1. The summed E-state index contributed by atoms with van der Waals surface area (Å²) < 4.78 is 5.91. The van der Waals surface area contributed by atoms with Gasteiger partial charge in [0.05, 0.1) is 0 Å². The van der Waals surface area contributed by atoms with Crippen LogP contribution in [-0.4, -0.2) is 12.1 Å². The zero-order valence-electron chi connectivity index (χ0n) is 23.0. The third-order valence-corrected chi connectivity index (χ3v) is 11.2. The average Bonchev–Trinajstić information content (AvgIpc) is 3.16. The number of hydrogen-bond acceptors (Lipinski definition) is 2. The van der Waals surface area contributed by atoms with Crippen LogP contribution in [0.25, 0.3) is 0 Å². The van der Waals surface area contributed by atoms with Crippen molar-refractivity contribution in [2.24, 2.45) is 34.5 Å². The molecule has 0 saturated heterocycles. The second kappa shape index (κ2) is 11.5. The van der Waals surface area contributed by atoms with Gasteiger partial charge in [0, 0.05) is 12.8 Å². The first-order valence-corrected chi connectivity index (χ1v) is 15.3. The summed E-state index contributed by atoms with van der Waals surface area (Å²) in [5.74, 6) is 3.69. The van der Waals surface area contributed by atoms with Crippen molar-refractivity contribution < 1.29 is 9.53 Å². The molecule has 2 heteroatoms. The molecular weight excluding hydrogens is 416 g/mol. The SMILES string of the molecule is CCCCCCCC[C@@H]1CC[C@@H]2[C@@H]3CC=C4C[C@@H](OC(=O)CCCC)CC[C@]4(C)[C@@H]3CC[C@]12C. The van der Waals surface area contributed by atoms with Gasteiger partial charge in [0.25, 0.3) is 0 Å². The van der Waals surface area contributed by atoms with Crippen LogP contribution >= 0.6 is 0 Å². The lowest BCUT2D eigenvalue weighted by molar-refractivity contribution is -0.151. The van der Waals surface area contributed by atoms with Crippen molar-refractivity contribution in [3.63, 3.8) is 0 Å². The second-order valence-corrected chi connectivity index (χ2v) is 13.1. The van der Waals surface area contributed by atoms with Gasteiger partial charge < -0.3 is 4.74 Å². The molecule has 3 saturated carbocycles. The maximum absolute atomic E-state index is 12.2. The Morgan fingerprint density at radius 2 is 1.68 bits per heavy atom. The largest absolute Gasteiger partial charge is 0.462 e. The van der Waals surface area contributed by atoms with E-state index in [9.17, 15) is 4.79 Å². The summed E-state index contributed by atoms with van der Waals surface area (Å²) in [6.07, 6.45) is 25.9. The Morgan fingerprint density at radius 1 is 0.912 bits per heavy atom. The quantitative estimate of drug-likeness (QED) is 0.171. The van der Waals surface area contributed by atoms with E-state index in [-0.39, 0.29) is 12.1 Å². The molecule has 2 nitrogen and oxygen atoms in total. The van der Waals surface area contributed by atoms with E-state index >= 15 is 0 Å². The zero-order valence-corrected chi connectivity index (χ0v) is 23.0. The fraction of sp³-hybridized carbons (Fsp3) is 0.906. The molecule has 0 unspecified atom stereocenters. The molecule has 0 N–H and O–H groups in total. The standard InChI is InChI=1S/C32H54O2/c1-5-7-9-10-11-12-13-24-16-18-28-27-17-15-25-23-26(34-30(33)14-8-6-2)19-21-32(25,4)29(27)20-22-31(24,28)3/h15,24,26-29H,5-14,16-23H2,1-4H3/t24-,26+,27+,28-,29-,31-,32+/m1/s1. The van der Waals surface area contributed by atoms with E-state index in [1.54, 1.807) is 5.57 Å². The highest BCUT2D eigenvalue weighted by Crippen LogP contribution is 2.66. The van der Waals surface area contributed by atoms with E-state index in [1.807, 2.05) is 0 Å². The fourth-order valence-electron chi connectivity index (χ4n) is 9.05.